The number of halogens is 2. The maximum Gasteiger partial charge on any atom is 0.363 e. The molecule has 6 nitrogen and oxygen atoms in total. The molecule has 0 amide bonds. The van der Waals surface area contributed by atoms with Crippen LogP contribution in [0.2, 0.25) is 10.0 Å². The van der Waals surface area contributed by atoms with E-state index in [2.05, 4.69) is 4.99 Å². The fourth-order valence-corrected chi connectivity index (χ4v) is 2.60. The van der Waals surface area contributed by atoms with Crippen LogP contribution >= 0.6 is 23.2 Å². The Morgan fingerprint density at radius 2 is 1.92 bits per heavy atom. The summed E-state index contributed by atoms with van der Waals surface area (Å²) in [5.74, 6) is -0.694. The smallest absolute Gasteiger partial charge is 0.363 e. The minimum atomic E-state index is -0.714. The van der Waals surface area contributed by atoms with Crippen molar-refractivity contribution in [1.29, 1.82) is 0 Å². The first-order chi connectivity index (χ1) is 11.5. The van der Waals surface area contributed by atoms with Crippen molar-refractivity contribution >= 4 is 46.8 Å². The lowest BCUT2D eigenvalue weighted by molar-refractivity contribution is -0.385. The predicted molar refractivity (Wildman–Crippen MR) is 90.2 cm³/mol. The van der Waals surface area contributed by atoms with Gasteiger partial charge in [-0.25, -0.2) is 9.79 Å². The van der Waals surface area contributed by atoms with E-state index in [1.54, 1.807) is 18.2 Å². The summed E-state index contributed by atoms with van der Waals surface area (Å²) in [7, 11) is 0. The average molecular weight is 363 g/mol. The van der Waals surface area contributed by atoms with Gasteiger partial charge in [0.15, 0.2) is 5.70 Å². The molecule has 1 aliphatic rings. The number of hydrogen-bond donors (Lipinski definition) is 0. The Balaban J connectivity index is 2.02. The molecule has 24 heavy (non-hydrogen) atoms. The Kier molecular flexibility index (Phi) is 4.33. The van der Waals surface area contributed by atoms with Crippen molar-refractivity contribution in [3.05, 3.63) is 79.4 Å². The fourth-order valence-electron chi connectivity index (χ4n) is 2.11. The second-order valence-electron chi connectivity index (χ2n) is 4.78. The van der Waals surface area contributed by atoms with Gasteiger partial charge in [0.2, 0.25) is 5.90 Å². The highest BCUT2D eigenvalue weighted by Gasteiger charge is 2.26. The van der Waals surface area contributed by atoms with E-state index in [0.717, 1.165) is 0 Å². The van der Waals surface area contributed by atoms with Crippen LogP contribution in [0.3, 0.4) is 0 Å². The number of para-hydroxylation sites is 1. The molecule has 120 valence electrons. The molecular weight excluding hydrogens is 355 g/mol. The van der Waals surface area contributed by atoms with Crippen LogP contribution < -0.4 is 0 Å². The molecule has 0 spiro atoms. The van der Waals surface area contributed by atoms with Gasteiger partial charge in [0.1, 0.15) is 0 Å². The monoisotopic (exact) mass is 362 g/mol. The second-order valence-corrected chi connectivity index (χ2v) is 5.62. The van der Waals surface area contributed by atoms with Crippen LogP contribution in [-0.2, 0) is 9.53 Å². The molecule has 2 aromatic carbocycles. The number of nitro benzene ring substituents is 1. The predicted octanol–water partition coefficient (Wildman–Crippen LogP) is 4.25. The van der Waals surface area contributed by atoms with E-state index in [-0.39, 0.29) is 27.9 Å². The van der Waals surface area contributed by atoms with E-state index in [1.165, 1.54) is 30.3 Å². The molecule has 8 heteroatoms. The zero-order valence-corrected chi connectivity index (χ0v) is 13.4. The number of ether oxygens (including phenoxy) is 1. The molecule has 1 heterocycles. The number of nitro groups is 1. The fraction of sp³-hybridized carbons (Fsp3) is 0. The first kappa shape index (κ1) is 16.2. The zero-order chi connectivity index (χ0) is 17.3. The molecule has 0 saturated carbocycles. The number of aliphatic imine (C=N–C) groups is 1. The topological polar surface area (TPSA) is 81.8 Å². The molecule has 1 aliphatic heterocycles. The summed E-state index contributed by atoms with van der Waals surface area (Å²) in [5, 5.41) is 11.7. The van der Waals surface area contributed by atoms with Crippen molar-refractivity contribution in [3.63, 3.8) is 0 Å². The summed E-state index contributed by atoms with van der Waals surface area (Å²) in [6.07, 6.45) is 1.30. The molecular formula is C16H8Cl2N2O4. The molecule has 0 N–H and O–H groups in total. The Morgan fingerprint density at radius 1 is 1.17 bits per heavy atom. The number of cyclic esters (lactones) is 1. The summed E-state index contributed by atoms with van der Waals surface area (Å²) in [5.41, 5.74) is 0.471. The second kappa shape index (κ2) is 6.43. The van der Waals surface area contributed by atoms with Gasteiger partial charge in [-0.2, -0.15) is 0 Å². The van der Waals surface area contributed by atoms with E-state index < -0.39 is 10.9 Å². The molecule has 0 fully saturated rings. The van der Waals surface area contributed by atoms with Crippen molar-refractivity contribution in [2.75, 3.05) is 0 Å². The van der Waals surface area contributed by atoms with Crippen LogP contribution in [0.1, 0.15) is 11.1 Å². The molecule has 3 rings (SSSR count). The molecule has 0 saturated heterocycles. The summed E-state index contributed by atoms with van der Waals surface area (Å²) in [6, 6.07) is 10.7. The molecule has 0 atom stereocenters. The number of carbonyl (C=O) groups is 1. The first-order valence-electron chi connectivity index (χ1n) is 6.67. The van der Waals surface area contributed by atoms with Gasteiger partial charge in [0.05, 0.1) is 21.1 Å². The molecule has 0 bridgehead atoms. The van der Waals surface area contributed by atoms with E-state index >= 15 is 0 Å². The highest BCUT2D eigenvalue weighted by molar-refractivity contribution is 6.37. The van der Waals surface area contributed by atoms with E-state index in [9.17, 15) is 14.9 Å². The third kappa shape index (κ3) is 3.15. The lowest BCUT2D eigenvalue weighted by Crippen LogP contribution is -2.06. The van der Waals surface area contributed by atoms with Gasteiger partial charge in [-0.1, -0.05) is 35.3 Å². The van der Waals surface area contributed by atoms with Gasteiger partial charge in [-0.3, -0.25) is 10.1 Å². The normalized spacial score (nSPS) is 15.3. The van der Waals surface area contributed by atoms with Crippen LogP contribution in [0.4, 0.5) is 5.69 Å². The van der Waals surface area contributed by atoms with E-state index in [4.69, 9.17) is 27.9 Å². The number of benzene rings is 2. The highest BCUT2D eigenvalue weighted by Crippen LogP contribution is 2.27. The third-order valence-electron chi connectivity index (χ3n) is 3.21. The first-order valence-corrected chi connectivity index (χ1v) is 7.42. The minimum absolute atomic E-state index is 0.0199. The number of nitrogens with zero attached hydrogens (tertiary/aromatic N) is 2. The zero-order valence-electron chi connectivity index (χ0n) is 11.9. The maximum absolute atomic E-state index is 12.0. The van der Waals surface area contributed by atoms with Gasteiger partial charge in [0, 0.05) is 11.1 Å². The Hall–Kier alpha value is -2.70. The molecule has 0 aromatic heterocycles. The average Bonchev–Trinajstić information content (AvgIpc) is 2.88. The van der Waals surface area contributed by atoms with Gasteiger partial charge >= 0.3 is 5.97 Å². The van der Waals surface area contributed by atoms with Gasteiger partial charge in [0.25, 0.3) is 5.69 Å². The largest absolute Gasteiger partial charge is 0.402 e. The van der Waals surface area contributed by atoms with Crippen molar-refractivity contribution in [2.45, 2.75) is 0 Å². The third-order valence-corrected chi connectivity index (χ3v) is 3.76. The summed E-state index contributed by atoms with van der Waals surface area (Å²) < 4.78 is 5.10. The number of hydrogen-bond acceptors (Lipinski definition) is 5. The molecule has 0 radical (unpaired) electrons. The maximum atomic E-state index is 12.0. The lowest BCUT2D eigenvalue weighted by Gasteiger charge is -2.02. The van der Waals surface area contributed by atoms with Crippen molar-refractivity contribution in [2.24, 2.45) is 4.99 Å². The van der Waals surface area contributed by atoms with Crippen molar-refractivity contribution in [3.8, 4) is 0 Å². The van der Waals surface area contributed by atoms with Crippen LogP contribution in [0.15, 0.2) is 53.2 Å². The van der Waals surface area contributed by atoms with Crippen LogP contribution in [0.5, 0.6) is 0 Å². The summed E-state index contributed by atoms with van der Waals surface area (Å²) in [6.45, 7) is 0. The van der Waals surface area contributed by atoms with Crippen molar-refractivity contribution < 1.29 is 14.5 Å². The SMILES string of the molecule is O=C1OC(c2ccc(Cl)cc2Cl)=N/C1=C\c1ccccc1[N+](=O)[O-]. The Bertz CT molecular complexity index is 922. The summed E-state index contributed by atoms with van der Waals surface area (Å²) in [4.78, 5) is 26.6. The summed E-state index contributed by atoms with van der Waals surface area (Å²) >= 11 is 11.9. The van der Waals surface area contributed by atoms with E-state index in [0.29, 0.717) is 10.6 Å². The quantitative estimate of drug-likeness (QED) is 0.353. The van der Waals surface area contributed by atoms with Crippen molar-refractivity contribution in [1.82, 2.24) is 0 Å². The van der Waals surface area contributed by atoms with Crippen LogP contribution in [0, 0.1) is 10.1 Å². The standard InChI is InChI=1S/C16H8Cl2N2O4/c17-10-5-6-11(12(18)8-10)15-19-13(16(21)24-15)7-9-3-1-2-4-14(9)20(22)23/h1-8H/b13-7-. The number of rotatable bonds is 3. The lowest BCUT2D eigenvalue weighted by atomic mass is 10.1. The van der Waals surface area contributed by atoms with Gasteiger partial charge in [-0.15, -0.1) is 0 Å². The van der Waals surface area contributed by atoms with Gasteiger partial charge < -0.3 is 4.74 Å². The molecule has 0 unspecified atom stereocenters. The highest BCUT2D eigenvalue weighted by atomic mass is 35.5. The minimum Gasteiger partial charge on any atom is -0.402 e. The van der Waals surface area contributed by atoms with Gasteiger partial charge in [-0.05, 0) is 30.3 Å². The molecule has 0 aliphatic carbocycles. The Labute approximate surface area is 146 Å². The number of carbonyl (C=O) groups excluding carboxylic acids is 1. The van der Waals surface area contributed by atoms with E-state index in [1.807, 2.05) is 0 Å². The number of esters is 1. The van der Waals surface area contributed by atoms with Crippen LogP contribution in [-0.4, -0.2) is 16.8 Å². The van der Waals surface area contributed by atoms with Crippen LogP contribution in [0.25, 0.3) is 6.08 Å². The molecule has 2 aromatic rings. The Morgan fingerprint density at radius 3 is 2.62 bits per heavy atom.